The van der Waals surface area contributed by atoms with Crippen LogP contribution in [0.15, 0.2) is 12.1 Å². The van der Waals surface area contributed by atoms with Crippen molar-refractivity contribution in [1.82, 2.24) is 0 Å². The second-order valence-electron chi connectivity index (χ2n) is 2.48. The zero-order chi connectivity index (χ0) is 9.84. The van der Waals surface area contributed by atoms with Crippen LogP contribution in [0.1, 0.15) is 15.9 Å². The van der Waals surface area contributed by atoms with Gasteiger partial charge in [0, 0.05) is 18.2 Å². The molecule has 1 rings (SSSR count). The van der Waals surface area contributed by atoms with E-state index in [0.717, 1.165) is 6.07 Å². The number of hydrogen-bond donors (Lipinski definition) is 0. The van der Waals surface area contributed by atoms with E-state index in [-0.39, 0.29) is 17.7 Å². The molecule has 0 saturated carbocycles. The molecule has 2 nitrogen and oxygen atoms in total. The molecule has 0 fully saturated rings. The minimum absolute atomic E-state index is 0.0440. The monoisotopic (exact) mass is 186 g/mol. The maximum absolute atomic E-state index is 13.0. The lowest BCUT2D eigenvalue weighted by Gasteiger charge is -2.05. The predicted molar refractivity (Wildman–Crippen MR) is 42.5 cm³/mol. The van der Waals surface area contributed by atoms with E-state index in [1.54, 1.807) is 0 Å². The number of carbonyl (C=O) groups is 1. The minimum atomic E-state index is -1.02. The van der Waals surface area contributed by atoms with Gasteiger partial charge in [-0.1, -0.05) is 0 Å². The van der Waals surface area contributed by atoms with Gasteiger partial charge in [-0.05, 0) is 12.1 Å². The normalized spacial score (nSPS) is 10.1. The predicted octanol–water partition coefficient (Wildman–Crippen LogP) is 1.92. The van der Waals surface area contributed by atoms with Crippen molar-refractivity contribution >= 4 is 6.29 Å². The maximum atomic E-state index is 13.0. The second kappa shape index (κ2) is 4.09. The van der Waals surface area contributed by atoms with Gasteiger partial charge in [-0.2, -0.15) is 0 Å². The van der Waals surface area contributed by atoms with Crippen LogP contribution in [0.2, 0.25) is 0 Å². The van der Waals surface area contributed by atoms with E-state index in [9.17, 15) is 13.6 Å². The third-order valence-corrected chi connectivity index (χ3v) is 1.65. The van der Waals surface area contributed by atoms with Crippen molar-refractivity contribution in [1.29, 1.82) is 0 Å². The van der Waals surface area contributed by atoms with Crippen LogP contribution in [0, 0.1) is 11.6 Å². The molecule has 0 spiro atoms. The average Bonchev–Trinajstić information content (AvgIpc) is 2.14. The molecule has 13 heavy (non-hydrogen) atoms. The molecule has 0 aliphatic rings. The summed E-state index contributed by atoms with van der Waals surface area (Å²) in [6.07, 6.45) is 0.469. The van der Waals surface area contributed by atoms with Gasteiger partial charge < -0.3 is 4.74 Å². The summed E-state index contributed by atoms with van der Waals surface area (Å²) in [5, 5.41) is 0. The van der Waals surface area contributed by atoms with Crippen molar-refractivity contribution in [2.24, 2.45) is 0 Å². The molecule has 0 N–H and O–H groups in total. The summed E-state index contributed by atoms with van der Waals surface area (Å²) in [7, 11) is 1.35. The number of rotatable bonds is 3. The Morgan fingerprint density at radius 1 is 1.46 bits per heavy atom. The van der Waals surface area contributed by atoms with Gasteiger partial charge in [0.05, 0.1) is 6.61 Å². The van der Waals surface area contributed by atoms with E-state index in [0.29, 0.717) is 6.29 Å². The summed E-state index contributed by atoms with van der Waals surface area (Å²) in [5.41, 5.74) is 0.0678. The first-order chi connectivity index (χ1) is 6.20. The zero-order valence-corrected chi connectivity index (χ0v) is 7.01. The zero-order valence-electron chi connectivity index (χ0n) is 7.01. The molecule has 1 aromatic rings. The lowest BCUT2D eigenvalue weighted by Crippen LogP contribution is -2.01. The Morgan fingerprint density at radius 3 is 2.69 bits per heavy atom. The molecule has 0 atom stereocenters. The van der Waals surface area contributed by atoms with Gasteiger partial charge in [-0.15, -0.1) is 0 Å². The van der Waals surface area contributed by atoms with Crippen molar-refractivity contribution in [3.05, 3.63) is 34.9 Å². The molecule has 0 unspecified atom stereocenters. The quantitative estimate of drug-likeness (QED) is 0.674. The number of halogens is 2. The van der Waals surface area contributed by atoms with E-state index in [2.05, 4.69) is 4.74 Å². The molecule has 0 aliphatic heterocycles. The second-order valence-corrected chi connectivity index (χ2v) is 2.48. The number of ether oxygens (including phenoxy) is 1. The summed E-state index contributed by atoms with van der Waals surface area (Å²) >= 11 is 0. The van der Waals surface area contributed by atoms with Crippen LogP contribution >= 0.6 is 0 Å². The summed E-state index contributed by atoms with van der Waals surface area (Å²) in [5.74, 6) is -2.00. The van der Waals surface area contributed by atoms with Crippen molar-refractivity contribution in [3.63, 3.8) is 0 Å². The Bertz CT molecular complexity index is 324. The first-order valence-corrected chi connectivity index (χ1v) is 3.61. The largest absolute Gasteiger partial charge is 0.380 e. The summed E-state index contributed by atoms with van der Waals surface area (Å²) in [6, 6.07) is 2.14. The molecule has 4 heteroatoms. The fraction of sp³-hybridized carbons (Fsp3) is 0.222. The van der Waals surface area contributed by atoms with Crippen molar-refractivity contribution in [2.45, 2.75) is 6.61 Å². The fourth-order valence-electron chi connectivity index (χ4n) is 1.01. The molecule has 0 heterocycles. The van der Waals surface area contributed by atoms with Gasteiger partial charge in [0.25, 0.3) is 0 Å². The van der Waals surface area contributed by atoms with E-state index < -0.39 is 11.6 Å². The summed E-state index contributed by atoms with van der Waals surface area (Å²) in [6.45, 7) is -0.113. The molecule has 0 aliphatic carbocycles. The Hall–Kier alpha value is -1.29. The first-order valence-electron chi connectivity index (χ1n) is 3.61. The molecule has 70 valence electrons. The van der Waals surface area contributed by atoms with Crippen molar-refractivity contribution in [3.8, 4) is 0 Å². The van der Waals surface area contributed by atoms with Crippen LogP contribution in [0.5, 0.6) is 0 Å². The maximum Gasteiger partial charge on any atom is 0.165 e. The fourth-order valence-corrected chi connectivity index (χ4v) is 1.01. The van der Waals surface area contributed by atoms with Crippen LogP contribution in [-0.4, -0.2) is 13.4 Å². The molecule has 0 aromatic heterocycles. The Morgan fingerprint density at radius 2 is 2.15 bits per heavy atom. The van der Waals surface area contributed by atoms with E-state index in [1.165, 1.54) is 13.2 Å². The van der Waals surface area contributed by atoms with Crippen LogP contribution in [0.25, 0.3) is 0 Å². The number of carbonyl (C=O) groups excluding carboxylic acids is 1. The van der Waals surface area contributed by atoms with Gasteiger partial charge in [0.15, 0.2) is 17.9 Å². The number of aldehydes is 1. The first kappa shape index (κ1) is 9.80. The molecular weight excluding hydrogens is 178 g/mol. The smallest absolute Gasteiger partial charge is 0.165 e. The van der Waals surface area contributed by atoms with Crippen LogP contribution in [0.3, 0.4) is 0 Å². The van der Waals surface area contributed by atoms with Gasteiger partial charge in [0.1, 0.15) is 0 Å². The summed E-state index contributed by atoms with van der Waals surface area (Å²) in [4.78, 5) is 10.4. The summed E-state index contributed by atoms with van der Waals surface area (Å²) < 4.78 is 30.3. The van der Waals surface area contributed by atoms with Gasteiger partial charge >= 0.3 is 0 Å². The van der Waals surface area contributed by atoms with E-state index in [4.69, 9.17) is 0 Å². The lowest BCUT2D eigenvalue weighted by molar-refractivity contribution is 0.111. The highest BCUT2D eigenvalue weighted by Gasteiger charge is 2.12. The molecule has 0 amide bonds. The van der Waals surface area contributed by atoms with Gasteiger partial charge in [-0.25, -0.2) is 8.78 Å². The standard InChI is InChI=1S/C9H8F2O2/c1-13-5-7-6(4-12)2-3-8(10)9(7)11/h2-4H,5H2,1H3. The molecular formula is C9H8F2O2. The van der Waals surface area contributed by atoms with Crippen LogP contribution in [0.4, 0.5) is 8.78 Å². The SMILES string of the molecule is COCc1c(C=O)ccc(F)c1F. The number of methoxy groups -OCH3 is 1. The highest BCUT2D eigenvalue weighted by Crippen LogP contribution is 2.16. The minimum Gasteiger partial charge on any atom is -0.380 e. The Kier molecular flexibility index (Phi) is 3.08. The topological polar surface area (TPSA) is 26.3 Å². The number of hydrogen-bond acceptors (Lipinski definition) is 2. The number of benzene rings is 1. The third kappa shape index (κ3) is 1.89. The average molecular weight is 186 g/mol. The lowest BCUT2D eigenvalue weighted by atomic mass is 10.1. The highest BCUT2D eigenvalue weighted by molar-refractivity contribution is 5.77. The van der Waals surface area contributed by atoms with Crippen LogP contribution < -0.4 is 0 Å². The van der Waals surface area contributed by atoms with Gasteiger partial charge in [0.2, 0.25) is 0 Å². The van der Waals surface area contributed by atoms with E-state index in [1.807, 2.05) is 0 Å². The molecule has 0 bridgehead atoms. The Balaban J connectivity index is 3.23. The molecule has 0 saturated heterocycles. The molecule has 0 radical (unpaired) electrons. The van der Waals surface area contributed by atoms with Crippen LogP contribution in [-0.2, 0) is 11.3 Å². The Labute approximate surface area is 74.1 Å². The highest BCUT2D eigenvalue weighted by atomic mass is 19.2. The van der Waals surface area contributed by atoms with Crippen molar-refractivity contribution < 1.29 is 18.3 Å². The van der Waals surface area contributed by atoms with Crippen molar-refractivity contribution in [2.75, 3.05) is 7.11 Å². The van der Waals surface area contributed by atoms with E-state index >= 15 is 0 Å². The third-order valence-electron chi connectivity index (χ3n) is 1.65. The molecule has 1 aromatic carbocycles. The van der Waals surface area contributed by atoms with Gasteiger partial charge in [-0.3, -0.25) is 4.79 Å².